The van der Waals surface area contributed by atoms with Crippen LogP contribution < -0.4 is 4.90 Å². The highest BCUT2D eigenvalue weighted by Gasteiger charge is 2.45. The van der Waals surface area contributed by atoms with Gasteiger partial charge < -0.3 is 14.4 Å². The van der Waals surface area contributed by atoms with E-state index in [1.54, 1.807) is 41.4 Å². The van der Waals surface area contributed by atoms with E-state index in [9.17, 15) is 14.4 Å². The number of para-hydroxylation sites is 1. The van der Waals surface area contributed by atoms with Gasteiger partial charge in [0.05, 0.1) is 14.2 Å². The SMILES string of the molecule is COC(=O)C1=C(C(=O)OC)N2C=CC(C)=CC2N(c2ccccc2)C1=O. The fourth-order valence-corrected chi connectivity index (χ4v) is 2.98. The van der Waals surface area contributed by atoms with Crippen molar-refractivity contribution in [3.63, 3.8) is 0 Å². The van der Waals surface area contributed by atoms with Crippen LogP contribution in [0.15, 0.2) is 65.5 Å². The van der Waals surface area contributed by atoms with Gasteiger partial charge in [-0.2, -0.15) is 0 Å². The molecule has 1 atom stereocenters. The van der Waals surface area contributed by atoms with E-state index in [2.05, 4.69) is 0 Å². The summed E-state index contributed by atoms with van der Waals surface area (Å²) in [5, 5.41) is 0. The number of carbonyl (C=O) groups excluding carboxylic acids is 3. The Morgan fingerprint density at radius 3 is 2.31 bits per heavy atom. The molecule has 0 saturated carbocycles. The van der Waals surface area contributed by atoms with Gasteiger partial charge in [0, 0.05) is 11.9 Å². The second-order valence-electron chi connectivity index (χ2n) is 5.76. The van der Waals surface area contributed by atoms with Crippen LogP contribution in [0.1, 0.15) is 6.92 Å². The molecule has 0 bridgehead atoms. The monoisotopic (exact) mass is 354 g/mol. The molecule has 0 aromatic heterocycles. The predicted octanol–water partition coefficient (Wildman–Crippen LogP) is 1.74. The number of methoxy groups -OCH3 is 2. The molecule has 2 heterocycles. The maximum Gasteiger partial charge on any atom is 0.355 e. The summed E-state index contributed by atoms with van der Waals surface area (Å²) in [5.74, 6) is -2.30. The Balaban J connectivity index is 2.26. The Bertz CT molecular complexity index is 854. The van der Waals surface area contributed by atoms with Gasteiger partial charge in [0.1, 0.15) is 11.9 Å². The van der Waals surface area contributed by atoms with Gasteiger partial charge in [-0.05, 0) is 36.8 Å². The van der Waals surface area contributed by atoms with Gasteiger partial charge in [0.15, 0.2) is 5.57 Å². The molecule has 0 aliphatic carbocycles. The first-order valence-electron chi connectivity index (χ1n) is 7.94. The molecule has 1 aromatic carbocycles. The second kappa shape index (κ2) is 6.87. The van der Waals surface area contributed by atoms with Gasteiger partial charge in [0.25, 0.3) is 5.91 Å². The summed E-state index contributed by atoms with van der Waals surface area (Å²) in [6.45, 7) is 1.89. The van der Waals surface area contributed by atoms with Crippen LogP contribution in [-0.4, -0.2) is 43.1 Å². The molecule has 134 valence electrons. The summed E-state index contributed by atoms with van der Waals surface area (Å²) in [7, 11) is 2.36. The van der Waals surface area contributed by atoms with Crippen molar-refractivity contribution in [3.8, 4) is 0 Å². The Kier molecular flexibility index (Phi) is 4.62. The van der Waals surface area contributed by atoms with Crippen LogP contribution >= 0.6 is 0 Å². The third kappa shape index (κ3) is 2.77. The van der Waals surface area contributed by atoms with Crippen LogP contribution in [0.5, 0.6) is 0 Å². The minimum atomic E-state index is -0.894. The number of anilines is 1. The molecule has 1 amide bonds. The van der Waals surface area contributed by atoms with E-state index in [4.69, 9.17) is 9.47 Å². The van der Waals surface area contributed by atoms with E-state index in [1.165, 1.54) is 12.0 Å². The lowest BCUT2D eigenvalue weighted by atomic mass is 10.0. The zero-order chi connectivity index (χ0) is 18.8. The highest BCUT2D eigenvalue weighted by atomic mass is 16.5. The molecule has 1 aromatic rings. The average molecular weight is 354 g/mol. The average Bonchev–Trinajstić information content (AvgIpc) is 2.66. The lowest BCUT2D eigenvalue weighted by Crippen LogP contribution is -2.56. The fraction of sp³-hybridized carbons (Fsp3) is 0.211. The van der Waals surface area contributed by atoms with Gasteiger partial charge in [-0.25, -0.2) is 9.59 Å². The molecule has 0 radical (unpaired) electrons. The van der Waals surface area contributed by atoms with Crippen LogP contribution in [0, 0.1) is 0 Å². The zero-order valence-corrected chi connectivity index (χ0v) is 14.6. The molecular formula is C19H18N2O5. The minimum Gasteiger partial charge on any atom is -0.465 e. The van der Waals surface area contributed by atoms with Gasteiger partial charge in [-0.1, -0.05) is 18.2 Å². The van der Waals surface area contributed by atoms with Crippen LogP contribution in [0.4, 0.5) is 5.69 Å². The number of hydrogen-bond acceptors (Lipinski definition) is 6. The lowest BCUT2D eigenvalue weighted by molar-refractivity contribution is -0.143. The second-order valence-corrected chi connectivity index (χ2v) is 5.76. The number of esters is 2. The van der Waals surface area contributed by atoms with E-state index in [0.29, 0.717) is 5.69 Å². The van der Waals surface area contributed by atoms with Gasteiger partial charge in [-0.15, -0.1) is 0 Å². The molecular weight excluding hydrogens is 336 g/mol. The van der Waals surface area contributed by atoms with Crippen LogP contribution in [0.25, 0.3) is 0 Å². The van der Waals surface area contributed by atoms with Crippen molar-refractivity contribution in [2.75, 3.05) is 19.1 Å². The molecule has 2 aliphatic heterocycles. The van der Waals surface area contributed by atoms with Crippen molar-refractivity contribution in [2.24, 2.45) is 0 Å². The summed E-state index contributed by atoms with van der Waals surface area (Å²) in [5.41, 5.74) is 1.02. The summed E-state index contributed by atoms with van der Waals surface area (Å²) in [4.78, 5) is 40.9. The largest absolute Gasteiger partial charge is 0.465 e. The number of hydrogen-bond donors (Lipinski definition) is 0. The number of fused-ring (bicyclic) bond motifs is 1. The van der Waals surface area contributed by atoms with E-state index in [-0.39, 0.29) is 11.3 Å². The van der Waals surface area contributed by atoms with Crippen LogP contribution in [-0.2, 0) is 23.9 Å². The first-order chi connectivity index (χ1) is 12.5. The number of carbonyl (C=O) groups is 3. The number of allylic oxidation sites excluding steroid dienone is 2. The van der Waals surface area contributed by atoms with Crippen molar-refractivity contribution < 1.29 is 23.9 Å². The minimum absolute atomic E-state index is 0.137. The van der Waals surface area contributed by atoms with Crippen molar-refractivity contribution in [1.82, 2.24) is 4.90 Å². The topological polar surface area (TPSA) is 76.2 Å². The lowest BCUT2D eigenvalue weighted by Gasteiger charge is -2.43. The van der Waals surface area contributed by atoms with E-state index >= 15 is 0 Å². The fourth-order valence-electron chi connectivity index (χ4n) is 2.98. The molecule has 0 fully saturated rings. The highest BCUT2D eigenvalue weighted by molar-refractivity contribution is 6.26. The van der Waals surface area contributed by atoms with Crippen LogP contribution in [0.3, 0.4) is 0 Å². The number of amides is 1. The van der Waals surface area contributed by atoms with Gasteiger partial charge in [-0.3, -0.25) is 9.69 Å². The molecule has 0 saturated heterocycles. The highest BCUT2D eigenvalue weighted by Crippen LogP contribution is 2.34. The Labute approximate surface area is 150 Å². The van der Waals surface area contributed by atoms with Crippen molar-refractivity contribution >= 4 is 23.5 Å². The third-order valence-corrected chi connectivity index (χ3v) is 4.19. The molecule has 7 heteroatoms. The maximum absolute atomic E-state index is 13.2. The smallest absolute Gasteiger partial charge is 0.355 e. The number of rotatable bonds is 3. The van der Waals surface area contributed by atoms with Crippen molar-refractivity contribution in [2.45, 2.75) is 13.1 Å². The molecule has 0 N–H and O–H groups in total. The van der Waals surface area contributed by atoms with Crippen molar-refractivity contribution in [3.05, 3.63) is 65.5 Å². The molecule has 3 rings (SSSR count). The van der Waals surface area contributed by atoms with Gasteiger partial charge in [0.2, 0.25) is 0 Å². The van der Waals surface area contributed by atoms with Crippen molar-refractivity contribution in [1.29, 1.82) is 0 Å². The van der Waals surface area contributed by atoms with Crippen LogP contribution in [0.2, 0.25) is 0 Å². The van der Waals surface area contributed by atoms with Gasteiger partial charge >= 0.3 is 11.9 Å². The third-order valence-electron chi connectivity index (χ3n) is 4.19. The Hall–Kier alpha value is -3.35. The Morgan fingerprint density at radius 2 is 1.69 bits per heavy atom. The number of nitrogens with zero attached hydrogens (tertiary/aromatic N) is 2. The number of benzene rings is 1. The summed E-state index contributed by atoms with van der Waals surface area (Å²) >= 11 is 0. The summed E-state index contributed by atoms with van der Waals surface area (Å²) in [6, 6.07) is 8.93. The molecule has 26 heavy (non-hydrogen) atoms. The Morgan fingerprint density at radius 1 is 1.04 bits per heavy atom. The predicted molar refractivity (Wildman–Crippen MR) is 93.5 cm³/mol. The molecule has 0 spiro atoms. The first-order valence-corrected chi connectivity index (χ1v) is 7.94. The summed E-state index contributed by atoms with van der Waals surface area (Å²) in [6.07, 6.45) is 4.67. The normalized spacial score (nSPS) is 19.1. The number of ether oxygens (including phenoxy) is 2. The molecule has 2 aliphatic rings. The quantitative estimate of drug-likeness (QED) is 0.608. The van der Waals surface area contributed by atoms with E-state index in [1.807, 2.05) is 19.1 Å². The van der Waals surface area contributed by atoms with E-state index in [0.717, 1.165) is 12.7 Å². The molecule has 7 nitrogen and oxygen atoms in total. The zero-order valence-electron chi connectivity index (χ0n) is 14.6. The maximum atomic E-state index is 13.2. The van der Waals surface area contributed by atoms with E-state index < -0.39 is 24.0 Å². The standard InChI is InChI=1S/C19H18N2O5/c1-12-9-10-20-14(11-12)21(13-7-5-4-6-8-13)17(22)15(18(23)25-2)16(20)19(24)26-3/h4-11,14H,1-3H3. The summed E-state index contributed by atoms with van der Waals surface area (Å²) < 4.78 is 9.56. The molecule has 1 unspecified atom stereocenters. The first kappa shape index (κ1) is 17.5.